The summed E-state index contributed by atoms with van der Waals surface area (Å²) in [5.41, 5.74) is 0. The normalized spacial score (nSPS) is 2.40. The van der Waals surface area contributed by atoms with Gasteiger partial charge >= 0.3 is 51.4 Å². The first-order chi connectivity index (χ1) is 1.41. The van der Waals surface area contributed by atoms with Crippen molar-refractivity contribution in [1.29, 1.82) is 0 Å². The summed E-state index contributed by atoms with van der Waals surface area (Å²) in [5, 5.41) is 9.00. The second-order valence-electron chi connectivity index (χ2n) is 0.0745. The molecule has 0 atom stereocenters. The van der Waals surface area contributed by atoms with Crippen LogP contribution in [0.3, 0.4) is 0 Å². The van der Waals surface area contributed by atoms with Gasteiger partial charge in [-0.25, -0.2) is 0 Å². The van der Waals surface area contributed by atoms with Crippen LogP contribution >= 0.6 is 0 Å². The summed E-state index contributed by atoms with van der Waals surface area (Å²) in [4.78, 5) is 8.00. The molecule has 0 amide bonds. The van der Waals surface area contributed by atoms with Crippen LogP contribution in [0.1, 0.15) is 0 Å². The molecule has 0 unspecified atom stereocenters. The van der Waals surface area contributed by atoms with Gasteiger partial charge in [-0.2, -0.15) is 0 Å². The Kier molecular flexibility index (Phi) is 54.2. The molecule has 1 radical (unpaired) electrons. The zero-order valence-corrected chi connectivity index (χ0v) is 7.85. The van der Waals surface area contributed by atoms with E-state index in [1.54, 1.807) is 0 Å². The number of nitrogens with zero attached hydrogens (tertiary/aromatic N) is 1. The van der Waals surface area contributed by atoms with E-state index in [9.17, 15) is 0 Å². The second kappa shape index (κ2) is 17.1. The molecule has 0 aromatic carbocycles. The first kappa shape index (κ1) is 15.9. The standard InChI is InChI=1S/Au.K.HNO2/c;;2-1-3/h;;(H,2,3)/q;+1;/p-1. The van der Waals surface area contributed by atoms with E-state index >= 15 is 0 Å². The van der Waals surface area contributed by atoms with Crippen LogP contribution in [0, 0.1) is 10.1 Å². The molecular weight excluding hydrogens is 282 g/mol. The van der Waals surface area contributed by atoms with E-state index in [1.165, 1.54) is 0 Å². The minimum atomic E-state index is 0. The predicted octanol–water partition coefficient (Wildman–Crippen LogP) is -2.75. The molecule has 0 aromatic rings. The second-order valence-corrected chi connectivity index (χ2v) is 0.0745. The van der Waals surface area contributed by atoms with E-state index in [0.29, 0.717) is 0 Å². The van der Waals surface area contributed by atoms with Crippen molar-refractivity contribution < 1.29 is 73.8 Å². The zero-order chi connectivity index (χ0) is 2.71. The molecule has 0 aliphatic carbocycles. The van der Waals surface area contributed by atoms with Gasteiger partial charge in [0.15, 0.2) is 0 Å². The van der Waals surface area contributed by atoms with Gasteiger partial charge in [-0.1, -0.05) is 0 Å². The van der Waals surface area contributed by atoms with Gasteiger partial charge in [-0.05, 0) is 0 Å². The van der Waals surface area contributed by atoms with Gasteiger partial charge in [0, 0.05) is 22.4 Å². The van der Waals surface area contributed by atoms with Crippen LogP contribution in [-0.2, 0) is 22.4 Å². The molecule has 0 saturated carbocycles. The van der Waals surface area contributed by atoms with Gasteiger partial charge < -0.3 is 10.1 Å². The van der Waals surface area contributed by atoms with Crippen LogP contribution in [0.4, 0.5) is 0 Å². The van der Waals surface area contributed by atoms with E-state index < -0.39 is 0 Å². The third-order valence-electron chi connectivity index (χ3n) is 0. The van der Waals surface area contributed by atoms with E-state index in [4.69, 9.17) is 10.1 Å². The van der Waals surface area contributed by atoms with Crippen LogP contribution < -0.4 is 51.4 Å². The topological polar surface area (TPSA) is 52.5 Å². The molecule has 0 fully saturated rings. The molecule has 0 saturated heterocycles. The Morgan fingerprint density at radius 2 is 1.60 bits per heavy atom. The Hall–Kier alpha value is 1.78. The van der Waals surface area contributed by atoms with E-state index in [-0.39, 0.29) is 73.8 Å². The molecular formula is AuKNO2. The van der Waals surface area contributed by atoms with Crippen molar-refractivity contribution >= 4 is 0 Å². The monoisotopic (exact) mass is 282 g/mol. The van der Waals surface area contributed by atoms with Gasteiger partial charge in [0.05, 0.1) is 0 Å². The smallest absolute Gasteiger partial charge is 0.444 e. The fraction of sp³-hybridized carbons (Fsp3) is 0. The predicted molar refractivity (Wildman–Crippen MR) is 9.16 cm³/mol. The zero-order valence-electron chi connectivity index (χ0n) is 2.57. The van der Waals surface area contributed by atoms with Crippen LogP contribution in [0.25, 0.3) is 0 Å². The van der Waals surface area contributed by atoms with E-state index in [0.717, 1.165) is 5.34 Å². The molecule has 0 N–H and O–H groups in total. The molecule has 5 heteroatoms. The molecule has 0 aromatic heterocycles. The van der Waals surface area contributed by atoms with Crippen molar-refractivity contribution in [2.45, 2.75) is 0 Å². The van der Waals surface area contributed by atoms with Crippen molar-refractivity contribution in [3.05, 3.63) is 10.1 Å². The van der Waals surface area contributed by atoms with Crippen molar-refractivity contribution in [1.82, 2.24) is 0 Å². The SMILES string of the molecule is O=N[O-].[Au].[K+]. The minimum Gasteiger partial charge on any atom is -0.444 e. The Labute approximate surface area is 87.4 Å². The van der Waals surface area contributed by atoms with Gasteiger partial charge in [0.25, 0.3) is 0 Å². The van der Waals surface area contributed by atoms with Gasteiger partial charge in [-0.15, -0.1) is 5.34 Å². The first-order valence-corrected chi connectivity index (χ1v) is 0.365. The quantitative estimate of drug-likeness (QED) is 0.275. The summed E-state index contributed by atoms with van der Waals surface area (Å²) >= 11 is 0. The van der Waals surface area contributed by atoms with Crippen LogP contribution in [0.15, 0.2) is 5.34 Å². The van der Waals surface area contributed by atoms with Crippen LogP contribution in [0.5, 0.6) is 0 Å². The van der Waals surface area contributed by atoms with Crippen molar-refractivity contribution in [2.24, 2.45) is 5.34 Å². The Balaban J connectivity index is -0.0000000200. The van der Waals surface area contributed by atoms with Crippen molar-refractivity contribution in [3.63, 3.8) is 0 Å². The Bertz CT molecular complexity index is 17.1. The Morgan fingerprint density at radius 3 is 1.60 bits per heavy atom. The third-order valence-corrected chi connectivity index (χ3v) is 0. The summed E-state index contributed by atoms with van der Waals surface area (Å²) in [5.74, 6) is 0. The molecule has 0 spiro atoms. The maximum Gasteiger partial charge on any atom is 1.00 e. The van der Waals surface area contributed by atoms with E-state index in [1.807, 2.05) is 0 Å². The third kappa shape index (κ3) is 26.1. The maximum absolute atomic E-state index is 8.00. The molecule has 29 valence electrons. The largest absolute Gasteiger partial charge is 1.00 e. The van der Waals surface area contributed by atoms with Gasteiger partial charge in [0.2, 0.25) is 0 Å². The maximum atomic E-state index is 8.00. The first-order valence-electron chi connectivity index (χ1n) is 0.365. The van der Waals surface area contributed by atoms with Gasteiger partial charge in [0.1, 0.15) is 0 Å². The van der Waals surface area contributed by atoms with E-state index in [2.05, 4.69) is 0 Å². The average molecular weight is 282 g/mol. The van der Waals surface area contributed by atoms with Gasteiger partial charge in [-0.3, -0.25) is 0 Å². The summed E-state index contributed by atoms with van der Waals surface area (Å²) in [7, 11) is 0. The van der Waals surface area contributed by atoms with Crippen molar-refractivity contribution in [3.8, 4) is 0 Å². The fourth-order valence-corrected chi connectivity index (χ4v) is 0. The summed E-state index contributed by atoms with van der Waals surface area (Å²) in [6.07, 6.45) is 0. The Morgan fingerprint density at radius 1 is 1.60 bits per heavy atom. The minimum absolute atomic E-state index is 0. The molecule has 0 heterocycles. The molecule has 0 aliphatic heterocycles. The molecule has 0 rings (SSSR count). The summed E-state index contributed by atoms with van der Waals surface area (Å²) in [6.45, 7) is 0. The van der Waals surface area contributed by atoms with Crippen LogP contribution in [-0.4, -0.2) is 0 Å². The fourth-order valence-electron chi connectivity index (χ4n) is 0. The molecule has 5 heavy (non-hydrogen) atoms. The molecule has 0 aliphatic rings. The van der Waals surface area contributed by atoms with Crippen molar-refractivity contribution in [2.75, 3.05) is 0 Å². The number of hydrogen-bond donors (Lipinski definition) is 0. The summed E-state index contributed by atoms with van der Waals surface area (Å²) in [6, 6.07) is 0. The molecule has 0 bridgehead atoms. The van der Waals surface area contributed by atoms with Crippen LogP contribution in [0.2, 0.25) is 0 Å². The molecule has 3 nitrogen and oxygen atoms in total. The summed E-state index contributed by atoms with van der Waals surface area (Å²) < 4.78 is 0. The number of hydrogen-bond acceptors (Lipinski definition) is 3. The average Bonchev–Trinajstić information content (AvgIpc) is 0.918. The number of rotatable bonds is 0.